The minimum absolute atomic E-state index is 0.0245. The van der Waals surface area contributed by atoms with Gasteiger partial charge in [-0.3, -0.25) is 9.63 Å². The summed E-state index contributed by atoms with van der Waals surface area (Å²) in [5.41, 5.74) is 2.60. The predicted molar refractivity (Wildman–Crippen MR) is 63.4 cm³/mol. The Hall–Kier alpha value is -1.79. The molecule has 0 saturated heterocycles. The number of hydrogen-bond acceptors (Lipinski definition) is 4. The van der Waals surface area contributed by atoms with E-state index in [9.17, 15) is 9.59 Å². The van der Waals surface area contributed by atoms with Crippen LogP contribution in [0, 0.1) is 0 Å². The maximum Gasteiger partial charge on any atom is 0.332 e. The highest BCUT2D eigenvalue weighted by molar-refractivity contribution is 6.30. The molecule has 18 heavy (non-hydrogen) atoms. The number of benzene rings is 1. The zero-order valence-electron chi connectivity index (χ0n) is 9.60. The molecule has 0 saturated carbocycles. The van der Waals surface area contributed by atoms with Crippen molar-refractivity contribution in [2.75, 3.05) is 13.7 Å². The van der Waals surface area contributed by atoms with Crippen molar-refractivity contribution in [3.8, 4) is 5.75 Å². The van der Waals surface area contributed by atoms with E-state index < -0.39 is 18.5 Å². The highest BCUT2D eigenvalue weighted by Crippen LogP contribution is 2.22. The molecular weight excluding hydrogens is 262 g/mol. The number of amides is 1. The molecule has 2 N–H and O–H groups in total. The lowest BCUT2D eigenvalue weighted by atomic mass is 10.1. The van der Waals surface area contributed by atoms with E-state index in [0.29, 0.717) is 16.3 Å². The van der Waals surface area contributed by atoms with Gasteiger partial charge in [-0.25, -0.2) is 10.3 Å². The number of hydrogen-bond donors (Lipinski definition) is 2. The van der Waals surface area contributed by atoms with Crippen molar-refractivity contribution in [3.05, 3.63) is 28.8 Å². The van der Waals surface area contributed by atoms with Crippen LogP contribution in [0.1, 0.15) is 5.56 Å². The predicted octanol–water partition coefficient (Wildman–Crippen LogP) is 1.02. The summed E-state index contributed by atoms with van der Waals surface area (Å²) >= 11 is 5.81. The Kier molecular flexibility index (Phi) is 5.41. The fraction of sp³-hybridized carbons (Fsp3) is 0.273. The van der Waals surface area contributed by atoms with E-state index >= 15 is 0 Å². The topological polar surface area (TPSA) is 84.9 Å². The molecule has 0 aliphatic heterocycles. The number of aliphatic carboxylic acids is 1. The first-order chi connectivity index (χ1) is 8.52. The molecule has 6 nitrogen and oxygen atoms in total. The molecule has 7 heteroatoms. The molecule has 1 aromatic carbocycles. The van der Waals surface area contributed by atoms with Gasteiger partial charge in [0.15, 0.2) is 6.61 Å². The Bertz CT molecular complexity index is 449. The van der Waals surface area contributed by atoms with Crippen LogP contribution >= 0.6 is 11.6 Å². The summed E-state index contributed by atoms with van der Waals surface area (Å²) < 4.78 is 5.07. The number of nitrogens with one attached hydrogen (secondary N) is 1. The van der Waals surface area contributed by atoms with Crippen LogP contribution in [0.25, 0.3) is 0 Å². The molecule has 0 atom stereocenters. The maximum absolute atomic E-state index is 11.4. The van der Waals surface area contributed by atoms with Crippen molar-refractivity contribution >= 4 is 23.5 Å². The van der Waals surface area contributed by atoms with E-state index in [2.05, 4.69) is 4.84 Å². The van der Waals surface area contributed by atoms with Crippen LogP contribution in [0.5, 0.6) is 5.75 Å². The quantitative estimate of drug-likeness (QED) is 0.756. The molecule has 1 rings (SSSR count). The number of ether oxygens (including phenoxy) is 1. The molecule has 0 heterocycles. The lowest BCUT2D eigenvalue weighted by Gasteiger charge is -2.09. The molecule has 0 fully saturated rings. The number of halogens is 1. The zero-order valence-corrected chi connectivity index (χ0v) is 10.4. The van der Waals surface area contributed by atoms with Crippen LogP contribution < -0.4 is 10.2 Å². The molecule has 0 bridgehead atoms. The second-order valence-corrected chi connectivity index (χ2v) is 3.78. The number of carbonyl (C=O) groups excluding carboxylic acids is 1. The highest BCUT2D eigenvalue weighted by atomic mass is 35.5. The van der Waals surface area contributed by atoms with Crippen molar-refractivity contribution < 1.29 is 24.3 Å². The third kappa shape index (κ3) is 4.60. The third-order valence-corrected chi connectivity index (χ3v) is 2.21. The Morgan fingerprint density at radius 3 is 2.78 bits per heavy atom. The Balaban J connectivity index is 2.58. The van der Waals surface area contributed by atoms with Gasteiger partial charge in [0.05, 0.1) is 13.5 Å². The molecule has 1 aromatic rings. The molecule has 0 spiro atoms. The van der Waals surface area contributed by atoms with E-state index in [1.165, 1.54) is 7.11 Å². The van der Waals surface area contributed by atoms with Crippen molar-refractivity contribution in [1.29, 1.82) is 0 Å². The second-order valence-electron chi connectivity index (χ2n) is 3.34. The lowest BCUT2D eigenvalue weighted by Crippen LogP contribution is -2.28. The van der Waals surface area contributed by atoms with Crippen molar-refractivity contribution in [2.45, 2.75) is 6.42 Å². The SMILES string of the molecule is COc1ccc(Cl)cc1CC(=O)NOCC(=O)O. The Morgan fingerprint density at radius 2 is 2.17 bits per heavy atom. The highest BCUT2D eigenvalue weighted by Gasteiger charge is 2.10. The van der Waals surface area contributed by atoms with Crippen LogP contribution in [-0.4, -0.2) is 30.7 Å². The third-order valence-electron chi connectivity index (χ3n) is 1.98. The lowest BCUT2D eigenvalue weighted by molar-refractivity contribution is -0.149. The van der Waals surface area contributed by atoms with Crippen LogP contribution in [-0.2, 0) is 20.8 Å². The number of rotatable bonds is 6. The maximum atomic E-state index is 11.4. The minimum atomic E-state index is -1.17. The second kappa shape index (κ2) is 6.83. The van der Waals surface area contributed by atoms with Gasteiger partial charge in [-0.2, -0.15) is 0 Å². The van der Waals surface area contributed by atoms with Gasteiger partial charge in [0.1, 0.15) is 5.75 Å². The summed E-state index contributed by atoms with van der Waals surface area (Å²) in [5.74, 6) is -1.14. The van der Waals surface area contributed by atoms with Gasteiger partial charge in [-0.1, -0.05) is 11.6 Å². The van der Waals surface area contributed by atoms with Crippen LogP contribution in [0.3, 0.4) is 0 Å². The molecule has 0 unspecified atom stereocenters. The monoisotopic (exact) mass is 273 g/mol. The molecule has 0 aliphatic carbocycles. The van der Waals surface area contributed by atoms with Gasteiger partial charge in [-0.15, -0.1) is 0 Å². The van der Waals surface area contributed by atoms with Crippen molar-refractivity contribution in [1.82, 2.24) is 5.48 Å². The number of methoxy groups -OCH3 is 1. The molecule has 98 valence electrons. The molecule has 0 aromatic heterocycles. The zero-order chi connectivity index (χ0) is 13.5. The number of carbonyl (C=O) groups is 2. The van der Waals surface area contributed by atoms with Crippen LogP contribution in [0.2, 0.25) is 5.02 Å². The Morgan fingerprint density at radius 1 is 1.44 bits per heavy atom. The van der Waals surface area contributed by atoms with Gasteiger partial charge in [0.25, 0.3) is 0 Å². The van der Waals surface area contributed by atoms with E-state index in [-0.39, 0.29) is 6.42 Å². The summed E-state index contributed by atoms with van der Waals surface area (Å²) in [6.45, 7) is -0.599. The fourth-order valence-electron chi connectivity index (χ4n) is 1.27. The van der Waals surface area contributed by atoms with Crippen molar-refractivity contribution in [3.63, 3.8) is 0 Å². The standard InChI is InChI=1S/C11H12ClNO5/c1-17-9-3-2-8(12)4-7(9)5-10(14)13-18-6-11(15)16/h2-4H,5-6H2,1H3,(H,13,14)(H,15,16). The summed E-state index contributed by atoms with van der Waals surface area (Å²) in [6.07, 6.45) is -0.0245. The normalized spacial score (nSPS) is 9.89. The number of hydroxylamine groups is 1. The van der Waals surface area contributed by atoms with Gasteiger partial charge in [0.2, 0.25) is 5.91 Å². The molecular formula is C11H12ClNO5. The average molecular weight is 274 g/mol. The van der Waals surface area contributed by atoms with E-state index in [1.807, 2.05) is 5.48 Å². The first-order valence-electron chi connectivity index (χ1n) is 4.97. The Labute approximate surface area is 108 Å². The van der Waals surface area contributed by atoms with E-state index in [1.54, 1.807) is 18.2 Å². The van der Waals surface area contributed by atoms with Crippen molar-refractivity contribution in [2.24, 2.45) is 0 Å². The number of carboxylic acid groups (broad SMARTS) is 1. The van der Waals surface area contributed by atoms with Gasteiger partial charge >= 0.3 is 5.97 Å². The van der Waals surface area contributed by atoms with Crippen LogP contribution in [0.4, 0.5) is 0 Å². The first kappa shape index (κ1) is 14.3. The first-order valence-corrected chi connectivity index (χ1v) is 5.35. The molecule has 0 radical (unpaired) electrons. The van der Waals surface area contributed by atoms with Crippen LogP contribution in [0.15, 0.2) is 18.2 Å². The average Bonchev–Trinajstić information content (AvgIpc) is 2.28. The van der Waals surface area contributed by atoms with Gasteiger partial charge < -0.3 is 9.84 Å². The fourth-order valence-corrected chi connectivity index (χ4v) is 1.47. The van der Waals surface area contributed by atoms with E-state index in [4.69, 9.17) is 21.4 Å². The van der Waals surface area contributed by atoms with Gasteiger partial charge in [0, 0.05) is 10.6 Å². The molecule has 1 amide bonds. The summed E-state index contributed by atoms with van der Waals surface area (Å²) in [7, 11) is 1.48. The van der Waals surface area contributed by atoms with Gasteiger partial charge in [-0.05, 0) is 18.2 Å². The molecule has 0 aliphatic rings. The van der Waals surface area contributed by atoms with E-state index in [0.717, 1.165) is 0 Å². The smallest absolute Gasteiger partial charge is 0.332 e. The number of carboxylic acids is 1. The summed E-state index contributed by atoms with van der Waals surface area (Å²) in [6, 6.07) is 4.88. The summed E-state index contributed by atoms with van der Waals surface area (Å²) in [4.78, 5) is 26.1. The minimum Gasteiger partial charge on any atom is -0.496 e. The summed E-state index contributed by atoms with van der Waals surface area (Å²) in [5, 5.41) is 8.80. The largest absolute Gasteiger partial charge is 0.496 e.